The van der Waals surface area contributed by atoms with Crippen LogP contribution in [0.3, 0.4) is 0 Å². The van der Waals surface area contributed by atoms with Crippen LogP contribution in [0.15, 0.2) is 18.3 Å². The smallest absolute Gasteiger partial charge is 0.335 e. The van der Waals surface area contributed by atoms with E-state index in [-0.39, 0.29) is 0 Å². The number of aromatic nitrogens is 3. The molecule has 2 rings (SSSR count). The Bertz CT molecular complexity index is 587. The lowest BCUT2D eigenvalue weighted by molar-refractivity contribution is 0.0696. The molecule has 5 heteroatoms. The van der Waals surface area contributed by atoms with Gasteiger partial charge in [-0.1, -0.05) is 11.3 Å². The topological polar surface area (TPSA) is 68.0 Å². The van der Waals surface area contributed by atoms with Crippen molar-refractivity contribution in [1.82, 2.24) is 15.0 Å². The average Bonchev–Trinajstić information content (AvgIpc) is 2.64. The van der Waals surface area contributed by atoms with Crippen LogP contribution in [-0.4, -0.2) is 26.1 Å². The highest BCUT2D eigenvalue weighted by Gasteiger charge is 2.13. The quantitative estimate of drug-likeness (QED) is 0.855. The Balaban J connectivity index is 2.67. The molecule has 5 nitrogen and oxygen atoms in total. The van der Waals surface area contributed by atoms with Crippen molar-refractivity contribution in [2.24, 2.45) is 7.05 Å². The summed E-state index contributed by atoms with van der Waals surface area (Å²) in [5.41, 5.74) is 3.74. The average molecular weight is 231 g/mol. The molecule has 0 saturated heterocycles. The van der Waals surface area contributed by atoms with E-state index in [9.17, 15) is 4.79 Å². The third-order valence-electron chi connectivity index (χ3n) is 2.79. The first-order valence-electron chi connectivity index (χ1n) is 5.20. The number of carboxylic acids is 1. The van der Waals surface area contributed by atoms with E-state index in [1.807, 2.05) is 13.0 Å². The SMILES string of the molecule is Cc1cc(C)c(-c2cnnn2C)cc1C(=O)O. The summed E-state index contributed by atoms with van der Waals surface area (Å²) in [7, 11) is 1.78. The van der Waals surface area contributed by atoms with E-state index < -0.39 is 5.97 Å². The standard InChI is InChI=1S/C12H13N3O2/c1-7-4-8(2)10(12(16)17)5-9(7)11-6-13-14-15(11)3/h4-6H,1-3H3,(H,16,17). The number of aryl methyl sites for hydroxylation is 3. The van der Waals surface area contributed by atoms with E-state index in [1.54, 1.807) is 30.9 Å². The highest BCUT2D eigenvalue weighted by molar-refractivity contribution is 5.91. The van der Waals surface area contributed by atoms with Crippen molar-refractivity contribution >= 4 is 5.97 Å². The number of hydrogen-bond donors (Lipinski definition) is 1. The molecule has 0 radical (unpaired) electrons. The summed E-state index contributed by atoms with van der Waals surface area (Å²) < 4.78 is 1.63. The van der Waals surface area contributed by atoms with E-state index in [0.717, 1.165) is 22.4 Å². The summed E-state index contributed by atoms with van der Waals surface area (Å²) in [6.07, 6.45) is 1.63. The van der Waals surface area contributed by atoms with Gasteiger partial charge in [-0.05, 0) is 31.0 Å². The lowest BCUT2D eigenvalue weighted by Gasteiger charge is -2.09. The first-order valence-corrected chi connectivity index (χ1v) is 5.20. The number of hydrogen-bond acceptors (Lipinski definition) is 3. The van der Waals surface area contributed by atoms with Crippen LogP contribution in [0.1, 0.15) is 21.5 Å². The van der Waals surface area contributed by atoms with Gasteiger partial charge in [0.1, 0.15) is 0 Å². The monoisotopic (exact) mass is 231 g/mol. The zero-order valence-corrected chi connectivity index (χ0v) is 9.93. The predicted molar refractivity (Wildman–Crippen MR) is 62.9 cm³/mol. The Morgan fingerprint density at radius 3 is 2.53 bits per heavy atom. The van der Waals surface area contributed by atoms with Crippen LogP contribution in [0, 0.1) is 13.8 Å². The molecule has 88 valence electrons. The minimum Gasteiger partial charge on any atom is -0.478 e. The zero-order valence-electron chi connectivity index (χ0n) is 9.93. The van der Waals surface area contributed by atoms with Gasteiger partial charge in [-0.3, -0.25) is 0 Å². The minimum absolute atomic E-state index is 0.312. The van der Waals surface area contributed by atoms with Crippen LogP contribution < -0.4 is 0 Å². The van der Waals surface area contributed by atoms with Gasteiger partial charge in [0.2, 0.25) is 0 Å². The maximum atomic E-state index is 11.1. The first kappa shape index (κ1) is 11.3. The third kappa shape index (κ3) is 1.91. The van der Waals surface area contributed by atoms with E-state index in [0.29, 0.717) is 5.56 Å². The Kier molecular flexibility index (Phi) is 2.67. The van der Waals surface area contributed by atoms with Crippen molar-refractivity contribution in [3.63, 3.8) is 0 Å². The molecule has 1 N–H and O–H groups in total. The van der Waals surface area contributed by atoms with Gasteiger partial charge in [0.25, 0.3) is 0 Å². The van der Waals surface area contributed by atoms with Crippen molar-refractivity contribution in [3.05, 3.63) is 35.0 Å². The fourth-order valence-corrected chi connectivity index (χ4v) is 1.89. The van der Waals surface area contributed by atoms with E-state index in [4.69, 9.17) is 5.11 Å². The second-order valence-electron chi connectivity index (χ2n) is 4.03. The largest absolute Gasteiger partial charge is 0.478 e. The van der Waals surface area contributed by atoms with Gasteiger partial charge in [-0.2, -0.15) is 0 Å². The van der Waals surface area contributed by atoms with Gasteiger partial charge in [0, 0.05) is 12.6 Å². The Labute approximate surface area is 98.7 Å². The maximum Gasteiger partial charge on any atom is 0.335 e. The molecular weight excluding hydrogens is 218 g/mol. The van der Waals surface area contributed by atoms with Crippen molar-refractivity contribution in [2.75, 3.05) is 0 Å². The Morgan fingerprint density at radius 1 is 1.29 bits per heavy atom. The zero-order chi connectivity index (χ0) is 12.6. The number of nitrogens with zero attached hydrogens (tertiary/aromatic N) is 3. The van der Waals surface area contributed by atoms with E-state index >= 15 is 0 Å². The summed E-state index contributed by atoms with van der Waals surface area (Å²) >= 11 is 0. The van der Waals surface area contributed by atoms with Crippen molar-refractivity contribution in [1.29, 1.82) is 0 Å². The highest BCUT2D eigenvalue weighted by Crippen LogP contribution is 2.25. The predicted octanol–water partition coefficient (Wildman–Crippen LogP) is 1.80. The van der Waals surface area contributed by atoms with Crippen LogP contribution in [-0.2, 0) is 7.05 Å². The van der Waals surface area contributed by atoms with E-state index in [1.165, 1.54) is 0 Å². The van der Waals surface area contributed by atoms with Crippen molar-refractivity contribution in [3.8, 4) is 11.3 Å². The number of carboxylic acid groups (broad SMARTS) is 1. The molecule has 0 saturated carbocycles. The van der Waals surface area contributed by atoms with Gasteiger partial charge in [-0.25, -0.2) is 9.48 Å². The van der Waals surface area contributed by atoms with Gasteiger partial charge in [-0.15, -0.1) is 5.10 Å². The van der Waals surface area contributed by atoms with Gasteiger partial charge >= 0.3 is 5.97 Å². The van der Waals surface area contributed by atoms with Crippen molar-refractivity contribution in [2.45, 2.75) is 13.8 Å². The van der Waals surface area contributed by atoms with Gasteiger partial charge in [0.15, 0.2) is 0 Å². The molecule has 1 aromatic heterocycles. The molecule has 0 aliphatic carbocycles. The maximum absolute atomic E-state index is 11.1. The van der Waals surface area contributed by atoms with Crippen LogP contribution in [0.4, 0.5) is 0 Å². The second-order valence-corrected chi connectivity index (χ2v) is 4.03. The van der Waals surface area contributed by atoms with Crippen molar-refractivity contribution < 1.29 is 9.90 Å². The summed E-state index contributed by atoms with van der Waals surface area (Å²) in [6, 6.07) is 3.54. The Morgan fingerprint density at radius 2 is 2.00 bits per heavy atom. The lowest BCUT2D eigenvalue weighted by atomic mass is 9.98. The van der Waals surface area contributed by atoms with E-state index in [2.05, 4.69) is 10.3 Å². The molecule has 0 bridgehead atoms. The molecule has 1 aromatic carbocycles. The van der Waals surface area contributed by atoms with Crippen LogP contribution in [0.2, 0.25) is 0 Å². The number of aromatic carboxylic acids is 1. The van der Waals surface area contributed by atoms with Crippen LogP contribution >= 0.6 is 0 Å². The number of rotatable bonds is 2. The molecular formula is C12H13N3O2. The summed E-state index contributed by atoms with van der Waals surface area (Å²) in [5.74, 6) is -0.918. The molecule has 1 heterocycles. The fraction of sp³-hybridized carbons (Fsp3) is 0.250. The molecule has 0 aliphatic rings. The van der Waals surface area contributed by atoms with Gasteiger partial charge in [0.05, 0.1) is 17.5 Å². The highest BCUT2D eigenvalue weighted by atomic mass is 16.4. The molecule has 0 amide bonds. The van der Waals surface area contributed by atoms with Crippen LogP contribution in [0.5, 0.6) is 0 Å². The molecule has 0 unspecified atom stereocenters. The fourth-order valence-electron chi connectivity index (χ4n) is 1.89. The second kappa shape index (κ2) is 4.01. The Hall–Kier alpha value is -2.17. The molecule has 0 fully saturated rings. The van der Waals surface area contributed by atoms with Crippen LogP contribution in [0.25, 0.3) is 11.3 Å². The lowest BCUT2D eigenvalue weighted by Crippen LogP contribution is -2.03. The number of carbonyl (C=O) groups is 1. The molecule has 17 heavy (non-hydrogen) atoms. The normalized spacial score (nSPS) is 10.5. The summed E-state index contributed by atoms with van der Waals surface area (Å²) in [4.78, 5) is 11.1. The summed E-state index contributed by atoms with van der Waals surface area (Å²) in [5, 5.41) is 16.8. The molecule has 0 atom stereocenters. The molecule has 2 aromatic rings. The molecule has 0 spiro atoms. The third-order valence-corrected chi connectivity index (χ3v) is 2.79. The molecule has 0 aliphatic heterocycles. The van der Waals surface area contributed by atoms with Gasteiger partial charge < -0.3 is 5.11 Å². The first-order chi connectivity index (χ1) is 8.00. The number of benzene rings is 1. The minimum atomic E-state index is -0.918. The summed E-state index contributed by atoms with van der Waals surface area (Å²) in [6.45, 7) is 3.74.